The SMILES string of the molecule is CCC(C)(C)C(=O)OCCOC(=O)CNC(=O)OC1C2CC3C1OS(=O)(=O)C3C2. The summed E-state index contributed by atoms with van der Waals surface area (Å²) in [5, 5.41) is 1.79. The van der Waals surface area contributed by atoms with Crippen molar-refractivity contribution >= 4 is 28.1 Å². The highest BCUT2D eigenvalue weighted by atomic mass is 32.2. The van der Waals surface area contributed by atoms with Crippen molar-refractivity contribution in [1.29, 1.82) is 0 Å². The van der Waals surface area contributed by atoms with Gasteiger partial charge in [0.1, 0.15) is 32.0 Å². The summed E-state index contributed by atoms with van der Waals surface area (Å²) in [7, 11) is -3.58. The van der Waals surface area contributed by atoms with Crippen LogP contribution in [0.1, 0.15) is 40.0 Å². The Balaban J connectivity index is 1.33. The number of alkyl carbamates (subject to hydrolysis) is 1. The second-order valence-electron chi connectivity index (χ2n) is 8.30. The lowest BCUT2D eigenvalue weighted by atomic mass is 9.91. The molecule has 29 heavy (non-hydrogen) atoms. The third-order valence-electron chi connectivity index (χ3n) is 6.05. The Morgan fingerprint density at radius 2 is 1.83 bits per heavy atom. The van der Waals surface area contributed by atoms with Crippen molar-refractivity contribution in [3.8, 4) is 0 Å². The second kappa shape index (κ2) is 8.10. The zero-order chi connectivity index (χ0) is 21.4. The van der Waals surface area contributed by atoms with Gasteiger partial charge in [0.15, 0.2) is 0 Å². The summed E-state index contributed by atoms with van der Waals surface area (Å²) in [5.74, 6) is -1.26. The summed E-state index contributed by atoms with van der Waals surface area (Å²) >= 11 is 0. The first-order chi connectivity index (χ1) is 13.5. The van der Waals surface area contributed by atoms with E-state index in [0.29, 0.717) is 19.3 Å². The van der Waals surface area contributed by atoms with Gasteiger partial charge in [0, 0.05) is 11.8 Å². The monoisotopic (exact) mass is 433 g/mol. The molecule has 5 atom stereocenters. The molecule has 3 rings (SSSR count). The van der Waals surface area contributed by atoms with Gasteiger partial charge in [0.25, 0.3) is 10.1 Å². The lowest BCUT2D eigenvalue weighted by molar-refractivity contribution is -0.158. The van der Waals surface area contributed by atoms with Crippen molar-refractivity contribution < 1.29 is 41.2 Å². The number of rotatable bonds is 8. The van der Waals surface area contributed by atoms with E-state index in [2.05, 4.69) is 5.32 Å². The van der Waals surface area contributed by atoms with Crippen LogP contribution < -0.4 is 5.32 Å². The summed E-state index contributed by atoms with van der Waals surface area (Å²) in [4.78, 5) is 35.4. The van der Waals surface area contributed by atoms with E-state index in [1.54, 1.807) is 13.8 Å². The van der Waals surface area contributed by atoms with Crippen molar-refractivity contribution in [2.75, 3.05) is 19.8 Å². The van der Waals surface area contributed by atoms with Crippen LogP contribution in [0.25, 0.3) is 0 Å². The Hall–Kier alpha value is -1.88. The third kappa shape index (κ3) is 4.50. The molecule has 0 spiro atoms. The Bertz CT molecular complexity index is 778. The molecule has 2 bridgehead atoms. The van der Waals surface area contributed by atoms with Gasteiger partial charge in [-0.15, -0.1) is 0 Å². The van der Waals surface area contributed by atoms with Crippen molar-refractivity contribution in [3.63, 3.8) is 0 Å². The molecule has 10 nitrogen and oxygen atoms in total. The van der Waals surface area contributed by atoms with Gasteiger partial charge in [-0.3, -0.25) is 13.8 Å². The molecule has 0 aromatic rings. The van der Waals surface area contributed by atoms with Gasteiger partial charge in [0.2, 0.25) is 0 Å². The molecule has 0 aromatic carbocycles. The number of amides is 1. The first kappa shape index (κ1) is 21.8. The summed E-state index contributed by atoms with van der Waals surface area (Å²) in [6.45, 7) is 4.79. The average Bonchev–Trinajstić information content (AvgIpc) is 3.27. The molecule has 2 aliphatic carbocycles. The topological polar surface area (TPSA) is 134 Å². The summed E-state index contributed by atoms with van der Waals surface area (Å²) in [6, 6.07) is 0. The molecular formula is C18H27NO9S. The van der Waals surface area contributed by atoms with Gasteiger partial charge in [-0.1, -0.05) is 6.92 Å². The van der Waals surface area contributed by atoms with E-state index in [4.69, 9.17) is 18.4 Å². The molecule has 5 unspecified atom stereocenters. The molecule has 1 amide bonds. The Labute approximate surface area is 169 Å². The number of fused-ring (bicyclic) bond motifs is 1. The zero-order valence-electron chi connectivity index (χ0n) is 16.7. The number of esters is 2. The smallest absolute Gasteiger partial charge is 0.408 e. The fourth-order valence-electron chi connectivity index (χ4n) is 4.03. The second-order valence-corrected chi connectivity index (χ2v) is 10.1. The molecule has 1 aliphatic heterocycles. The highest BCUT2D eigenvalue weighted by Gasteiger charge is 2.65. The predicted octanol–water partition coefficient (Wildman–Crippen LogP) is 0.741. The van der Waals surface area contributed by atoms with Gasteiger partial charge < -0.3 is 19.5 Å². The molecular weight excluding hydrogens is 406 g/mol. The molecule has 1 heterocycles. The van der Waals surface area contributed by atoms with Crippen LogP contribution in [-0.4, -0.2) is 63.7 Å². The Morgan fingerprint density at radius 3 is 2.52 bits per heavy atom. The minimum absolute atomic E-state index is 0.0490. The van der Waals surface area contributed by atoms with Gasteiger partial charge in [-0.2, -0.15) is 8.42 Å². The van der Waals surface area contributed by atoms with Crippen LogP contribution in [0.3, 0.4) is 0 Å². The average molecular weight is 433 g/mol. The number of carbonyl (C=O) groups is 3. The minimum Gasteiger partial charge on any atom is -0.462 e. The van der Waals surface area contributed by atoms with Gasteiger partial charge in [0.05, 0.1) is 10.7 Å². The van der Waals surface area contributed by atoms with Crippen LogP contribution in [0.2, 0.25) is 0 Å². The fourth-order valence-corrected chi connectivity index (χ4v) is 5.92. The first-order valence-electron chi connectivity index (χ1n) is 9.74. The van der Waals surface area contributed by atoms with Crippen LogP contribution in [0, 0.1) is 17.3 Å². The maximum absolute atomic E-state index is 12.0. The summed E-state index contributed by atoms with van der Waals surface area (Å²) in [6.07, 6.45) is -0.396. The largest absolute Gasteiger partial charge is 0.462 e. The van der Waals surface area contributed by atoms with Crippen LogP contribution >= 0.6 is 0 Å². The molecule has 11 heteroatoms. The fraction of sp³-hybridized carbons (Fsp3) is 0.833. The van der Waals surface area contributed by atoms with E-state index in [0.717, 1.165) is 0 Å². The van der Waals surface area contributed by atoms with Crippen LogP contribution in [-0.2, 0) is 38.1 Å². The Kier molecular flexibility index (Phi) is 6.09. The molecule has 0 radical (unpaired) electrons. The maximum Gasteiger partial charge on any atom is 0.408 e. The molecule has 164 valence electrons. The first-order valence-corrected chi connectivity index (χ1v) is 11.2. The molecule has 3 fully saturated rings. The van der Waals surface area contributed by atoms with E-state index < -0.39 is 51.6 Å². The molecule has 0 aromatic heterocycles. The van der Waals surface area contributed by atoms with Gasteiger partial charge in [-0.05, 0) is 33.1 Å². The number of carbonyl (C=O) groups excluding carboxylic acids is 3. The van der Waals surface area contributed by atoms with Gasteiger partial charge >= 0.3 is 18.0 Å². The van der Waals surface area contributed by atoms with Crippen molar-refractivity contribution in [3.05, 3.63) is 0 Å². The summed E-state index contributed by atoms with van der Waals surface area (Å²) < 4.78 is 44.2. The van der Waals surface area contributed by atoms with Crippen LogP contribution in [0.15, 0.2) is 0 Å². The highest BCUT2D eigenvalue weighted by Crippen LogP contribution is 2.55. The van der Waals surface area contributed by atoms with Crippen molar-refractivity contribution in [2.24, 2.45) is 17.3 Å². The number of nitrogens with one attached hydrogen (secondary N) is 1. The van der Waals surface area contributed by atoms with E-state index >= 15 is 0 Å². The standard InChI is InChI=1S/C18H27NO9S/c1-4-18(2,3)16(21)26-6-5-25-13(20)9-19-17(22)27-14-10-7-11-12(8-10)29(23,24)28-15(11)14/h10-12,14-15H,4-9H2,1-3H3,(H,19,22). The molecule has 1 N–H and O–H groups in total. The summed E-state index contributed by atoms with van der Waals surface area (Å²) in [5.41, 5.74) is -0.600. The molecule has 2 saturated carbocycles. The van der Waals surface area contributed by atoms with E-state index in [1.165, 1.54) is 0 Å². The number of hydrogen-bond acceptors (Lipinski definition) is 9. The van der Waals surface area contributed by atoms with Crippen LogP contribution in [0.5, 0.6) is 0 Å². The minimum atomic E-state index is -3.58. The quantitative estimate of drug-likeness (QED) is 0.254. The lowest BCUT2D eigenvalue weighted by Gasteiger charge is -2.24. The third-order valence-corrected chi connectivity index (χ3v) is 7.82. The van der Waals surface area contributed by atoms with Crippen molar-refractivity contribution in [1.82, 2.24) is 5.32 Å². The highest BCUT2D eigenvalue weighted by molar-refractivity contribution is 7.87. The zero-order valence-corrected chi connectivity index (χ0v) is 17.5. The van der Waals surface area contributed by atoms with Gasteiger partial charge in [-0.25, -0.2) is 4.79 Å². The van der Waals surface area contributed by atoms with E-state index in [-0.39, 0.29) is 31.0 Å². The Morgan fingerprint density at radius 1 is 1.14 bits per heavy atom. The molecule has 1 saturated heterocycles. The number of ether oxygens (including phenoxy) is 3. The predicted molar refractivity (Wildman–Crippen MR) is 98.1 cm³/mol. The van der Waals surface area contributed by atoms with E-state index in [9.17, 15) is 22.8 Å². The van der Waals surface area contributed by atoms with Crippen LogP contribution in [0.4, 0.5) is 4.79 Å². The maximum atomic E-state index is 12.0. The van der Waals surface area contributed by atoms with E-state index in [1.807, 2.05) is 6.92 Å². The normalized spacial score (nSPS) is 31.3. The molecule has 3 aliphatic rings. The number of hydrogen-bond donors (Lipinski definition) is 1. The lowest BCUT2D eigenvalue weighted by Crippen LogP contribution is -2.41. The van der Waals surface area contributed by atoms with Crippen molar-refractivity contribution in [2.45, 2.75) is 57.5 Å².